The number of nitrogens with zero attached hydrogens (tertiary/aromatic N) is 1. The van der Waals surface area contributed by atoms with E-state index >= 15 is 0 Å². The average Bonchev–Trinajstić information content (AvgIpc) is 2.50. The number of nitrogens with two attached hydrogens (primary N) is 1. The third-order valence-corrected chi connectivity index (χ3v) is 5.37. The maximum atomic E-state index is 5.89. The van der Waals surface area contributed by atoms with Crippen LogP contribution in [0.25, 0.3) is 0 Å². The van der Waals surface area contributed by atoms with Gasteiger partial charge in [-0.2, -0.15) is 11.8 Å². The summed E-state index contributed by atoms with van der Waals surface area (Å²) in [5, 5.41) is 0. The first-order chi connectivity index (χ1) is 9.37. The number of aryl methyl sites for hydroxylation is 1. The fourth-order valence-corrected chi connectivity index (χ4v) is 3.93. The summed E-state index contributed by atoms with van der Waals surface area (Å²) in [7, 11) is 0. The molecule has 1 fully saturated rings. The Kier molecular flexibility index (Phi) is 5.03. The summed E-state index contributed by atoms with van der Waals surface area (Å²) in [5.74, 6) is 1.22. The lowest BCUT2D eigenvalue weighted by Crippen LogP contribution is -2.27. The van der Waals surface area contributed by atoms with Gasteiger partial charge in [-0.05, 0) is 43.9 Å². The monoisotopic (exact) mass is 292 g/mol. The van der Waals surface area contributed by atoms with Gasteiger partial charge in [0.1, 0.15) is 0 Å². The maximum absolute atomic E-state index is 5.89. The molecular formula is C17H28N2S. The van der Waals surface area contributed by atoms with Crippen LogP contribution in [-0.4, -0.2) is 29.6 Å². The zero-order valence-electron chi connectivity index (χ0n) is 13.3. The highest BCUT2D eigenvalue weighted by Gasteiger charge is 2.24. The van der Waals surface area contributed by atoms with Crippen molar-refractivity contribution in [1.82, 2.24) is 0 Å². The Morgan fingerprint density at radius 2 is 2.10 bits per heavy atom. The summed E-state index contributed by atoms with van der Waals surface area (Å²) in [4.78, 5) is 2.55. The van der Waals surface area contributed by atoms with Crippen LogP contribution in [0.1, 0.15) is 38.3 Å². The summed E-state index contributed by atoms with van der Waals surface area (Å²) >= 11 is 2.10. The summed E-state index contributed by atoms with van der Waals surface area (Å²) in [5.41, 5.74) is 10.0. The smallest absolute Gasteiger partial charge is 0.0396 e. The molecule has 2 rings (SSSR count). The zero-order chi connectivity index (χ0) is 14.8. The first kappa shape index (κ1) is 15.7. The molecule has 1 heterocycles. The third kappa shape index (κ3) is 4.16. The lowest BCUT2D eigenvalue weighted by molar-refractivity contribution is 0.637. The molecule has 1 aliphatic heterocycles. The van der Waals surface area contributed by atoms with Gasteiger partial charge in [0.05, 0.1) is 0 Å². The van der Waals surface area contributed by atoms with Gasteiger partial charge in [0, 0.05) is 35.3 Å². The van der Waals surface area contributed by atoms with Crippen LogP contribution in [-0.2, 0) is 6.42 Å². The summed E-state index contributed by atoms with van der Waals surface area (Å²) in [6, 6.07) is 7.07. The third-order valence-electron chi connectivity index (χ3n) is 4.00. The zero-order valence-corrected chi connectivity index (χ0v) is 14.1. The molecule has 2 nitrogen and oxygen atoms in total. The van der Waals surface area contributed by atoms with Gasteiger partial charge in [0.15, 0.2) is 0 Å². The topological polar surface area (TPSA) is 29.3 Å². The molecule has 112 valence electrons. The van der Waals surface area contributed by atoms with Crippen molar-refractivity contribution in [3.05, 3.63) is 29.3 Å². The van der Waals surface area contributed by atoms with Crippen LogP contribution in [0.3, 0.4) is 0 Å². The first-order valence-corrected chi connectivity index (χ1v) is 8.60. The standard InChI is InChI=1S/C17H28N2S/c1-13-11-15(12-14(2)18)5-6-16(13)19-8-7-17(3,4)20-10-9-19/h5-6,11,14H,7-10,12,18H2,1-4H3. The van der Waals surface area contributed by atoms with E-state index in [0.29, 0.717) is 4.75 Å². The van der Waals surface area contributed by atoms with E-state index in [-0.39, 0.29) is 6.04 Å². The molecule has 2 N–H and O–H groups in total. The van der Waals surface area contributed by atoms with Crippen molar-refractivity contribution in [1.29, 1.82) is 0 Å². The van der Waals surface area contributed by atoms with E-state index in [9.17, 15) is 0 Å². The van der Waals surface area contributed by atoms with Crippen LogP contribution in [0.15, 0.2) is 18.2 Å². The number of hydrogen-bond acceptors (Lipinski definition) is 3. The van der Waals surface area contributed by atoms with Crippen molar-refractivity contribution >= 4 is 17.4 Å². The first-order valence-electron chi connectivity index (χ1n) is 7.61. The summed E-state index contributed by atoms with van der Waals surface area (Å²) in [6.45, 7) is 11.3. The van der Waals surface area contributed by atoms with Crippen LogP contribution in [0, 0.1) is 6.92 Å². The second-order valence-corrected chi connectivity index (χ2v) is 8.45. The minimum absolute atomic E-state index is 0.232. The molecule has 0 saturated carbocycles. The molecule has 1 saturated heterocycles. The van der Waals surface area contributed by atoms with Crippen molar-refractivity contribution in [2.24, 2.45) is 5.73 Å². The molecule has 0 amide bonds. The predicted octanol–water partition coefficient (Wildman–Crippen LogP) is 3.61. The number of anilines is 1. The lowest BCUT2D eigenvalue weighted by atomic mass is 10.0. The average molecular weight is 292 g/mol. The van der Waals surface area contributed by atoms with Crippen LogP contribution >= 0.6 is 11.8 Å². The van der Waals surface area contributed by atoms with E-state index in [2.05, 4.69) is 62.6 Å². The SMILES string of the molecule is Cc1cc(CC(C)N)ccc1N1CCSC(C)(C)CC1. The van der Waals surface area contributed by atoms with Gasteiger partial charge in [0.25, 0.3) is 0 Å². The molecule has 0 bridgehead atoms. The Bertz CT molecular complexity index is 454. The maximum Gasteiger partial charge on any atom is 0.0396 e. The molecule has 1 aliphatic rings. The summed E-state index contributed by atoms with van der Waals surface area (Å²) < 4.78 is 0.414. The number of benzene rings is 1. The Labute approximate surface area is 128 Å². The fraction of sp³-hybridized carbons (Fsp3) is 0.647. The Balaban J connectivity index is 2.12. The molecule has 0 aromatic heterocycles. The van der Waals surface area contributed by atoms with Gasteiger partial charge in [0.2, 0.25) is 0 Å². The number of hydrogen-bond donors (Lipinski definition) is 1. The highest BCUT2D eigenvalue weighted by molar-refractivity contribution is 8.00. The Morgan fingerprint density at radius 3 is 2.75 bits per heavy atom. The molecule has 1 unspecified atom stereocenters. The van der Waals surface area contributed by atoms with Crippen LogP contribution in [0.4, 0.5) is 5.69 Å². The molecule has 0 spiro atoms. The minimum atomic E-state index is 0.232. The normalized spacial score (nSPS) is 20.6. The van der Waals surface area contributed by atoms with Gasteiger partial charge < -0.3 is 10.6 Å². The fourth-order valence-electron chi connectivity index (χ4n) is 2.83. The highest BCUT2D eigenvalue weighted by atomic mass is 32.2. The van der Waals surface area contributed by atoms with Gasteiger partial charge in [-0.3, -0.25) is 0 Å². The van der Waals surface area contributed by atoms with Crippen LogP contribution in [0.2, 0.25) is 0 Å². The van der Waals surface area contributed by atoms with Gasteiger partial charge in [-0.25, -0.2) is 0 Å². The van der Waals surface area contributed by atoms with Crippen molar-refractivity contribution in [3.63, 3.8) is 0 Å². The second-order valence-electron chi connectivity index (χ2n) is 6.65. The predicted molar refractivity (Wildman–Crippen MR) is 91.9 cm³/mol. The van der Waals surface area contributed by atoms with Crippen molar-refractivity contribution in [2.45, 2.75) is 51.3 Å². The minimum Gasteiger partial charge on any atom is -0.370 e. The number of rotatable bonds is 3. The van der Waals surface area contributed by atoms with Crippen LogP contribution < -0.4 is 10.6 Å². The van der Waals surface area contributed by atoms with E-state index in [0.717, 1.165) is 19.5 Å². The van der Waals surface area contributed by atoms with E-state index in [1.54, 1.807) is 0 Å². The van der Waals surface area contributed by atoms with E-state index in [1.165, 1.54) is 29.0 Å². The van der Waals surface area contributed by atoms with E-state index < -0.39 is 0 Å². The Morgan fingerprint density at radius 1 is 1.35 bits per heavy atom. The van der Waals surface area contributed by atoms with Gasteiger partial charge >= 0.3 is 0 Å². The molecule has 1 aromatic rings. The molecule has 1 atom stereocenters. The van der Waals surface area contributed by atoms with Gasteiger partial charge in [-0.1, -0.05) is 26.0 Å². The quantitative estimate of drug-likeness (QED) is 0.923. The van der Waals surface area contributed by atoms with Crippen molar-refractivity contribution in [2.75, 3.05) is 23.7 Å². The molecule has 20 heavy (non-hydrogen) atoms. The van der Waals surface area contributed by atoms with Crippen molar-refractivity contribution < 1.29 is 0 Å². The summed E-state index contributed by atoms with van der Waals surface area (Å²) in [6.07, 6.45) is 2.21. The number of thioether (sulfide) groups is 1. The molecule has 3 heteroatoms. The molecule has 0 aliphatic carbocycles. The largest absolute Gasteiger partial charge is 0.370 e. The van der Waals surface area contributed by atoms with Crippen molar-refractivity contribution in [3.8, 4) is 0 Å². The molecule has 0 radical (unpaired) electrons. The molecule has 1 aromatic carbocycles. The van der Waals surface area contributed by atoms with Crippen LogP contribution in [0.5, 0.6) is 0 Å². The molecular weight excluding hydrogens is 264 g/mol. The lowest BCUT2D eigenvalue weighted by Gasteiger charge is -2.26. The Hall–Kier alpha value is -0.670. The van der Waals surface area contributed by atoms with E-state index in [4.69, 9.17) is 5.73 Å². The second kappa shape index (κ2) is 6.40. The van der Waals surface area contributed by atoms with Gasteiger partial charge in [-0.15, -0.1) is 0 Å². The van der Waals surface area contributed by atoms with E-state index in [1.807, 2.05) is 0 Å². The highest BCUT2D eigenvalue weighted by Crippen LogP contribution is 2.33.